The van der Waals surface area contributed by atoms with Gasteiger partial charge in [-0.05, 0) is 18.4 Å². The molecule has 0 amide bonds. The Labute approximate surface area is 104 Å². The van der Waals surface area contributed by atoms with Crippen LogP contribution in [0, 0.1) is 5.92 Å². The summed E-state index contributed by atoms with van der Waals surface area (Å²) in [6.07, 6.45) is 2.38. The summed E-state index contributed by atoms with van der Waals surface area (Å²) in [6, 6.07) is 5.52. The largest absolute Gasteiger partial charge is 0.495 e. The van der Waals surface area contributed by atoms with E-state index in [0.29, 0.717) is 17.4 Å². The van der Waals surface area contributed by atoms with Crippen molar-refractivity contribution in [2.24, 2.45) is 5.92 Å². The van der Waals surface area contributed by atoms with Crippen LogP contribution in [-0.2, 0) is 0 Å². The molecule has 1 rings (SSSR count). The Morgan fingerprint density at radius 3 is 2.59 bits per heavy atom. The third-order valence-corrected chi connectivity index (χ3v) is 2.94. The van der Waals surface area contributed by atoms with Crippen molar-refractivity contribution in [2.75, 3.05) is 12.8 Å². The number of aliphatic hydroxyl groups excluding tert-OH is 1. The number of para-hydroxylation sites is 1. The number of rotatable bonds is 6. The molecule has 3 N–H and O–H groups in total. The predicted molar refractivity (Wildman–Crippen MR) is 71.1 cm³/mol. The van der Waals surface area contributed by atoms with Crippen LogP contribution < -0.4 is 10.5 Å². The molecule has 3 heteroatoms. The highest BCUT2D eigenvalue weighted by Crippen LogP contribution is 2.31. The molecule has 1 unspecified atom stereocenters. The van der Waals surface area contributed by atoms with E-state index in [1.54, 1.807) is 13.2 Å². The molecule has 1 aromatic rings. The maximum Gasteiger partial charge on any atom is 0.142 e. The SMILES string of the molecule is COc1cccc(C(O)CCCC(C)C)c1N. The third-order valence-electron chi connectivity index (χ3n) is 2.94. The second kappa shape index (κ2) is 6.50. The summed E-state index contributed by atoms with van der Waals surface area (Å²) in [5, 5.41) is 10.1. The Hall–Kier alpha value is -1.22. The summed E-state index contributed by atoms with van der Waals surface area (Å²) in [5.74, 6) is 1.30. The second-order valence-electron chi connectivity index (χ2n) is 4.80. The average Bonchev–Trinajstić information content (AvgIpc) is 2.28. The Morgan fingerprint density at radius 2 is 2.00 bits per heavy atom. The topological polar surface area (TPSA) is 55.5 Å². The van der Waals surface area contributed by atoms with Gasteiger partial charge in [-0.25, -0.2) is 0 Å². The standard InChI is InChI=1S/C14H23NO2/c1-10(2)6-4-8-12(16)11-7-5-9-13(17-3)14(11)15/h5,7,9-10,12,16H,4,6,8,15H2,1-3H3. The first-order chi connectivity index (χ1) is 8.06. The number of nitrogens with two attached hydrogens (primary N) is 1. The molecule has 3 nitrogen and oxygen atoms in total. The van der Waals surface area contributed by atoms with Crippen LogP contribution in [0.2, 0.25) is 0 Å². The van der Waals surface area contributed by atoms with Gasteiger partial charge in [0.2, 0.25) is 0 Å². The van der Waals surface area contributed by atoms with Gasteiger partial charge in [0.05, 0.1) is 18.9 Å². The molecule has 0 spiro atoms. The number of hydrogen-bond acceptors (Lipinski definition) is 3. The van der Waals surface area contributed by atoms with Crippen LogP contribution >= 0.6 is 0 Å². The van der Waals surface area contributed by atoms with E-state index in [1.807, 2.05) is 12.1 Å². The van der Waals surface area contributed by atoms with Crippen molar-refractivity contribution in [3.63, 3.8) is 0 Å². The van der Waals surface area contributed by atoms with E-state index in [4.69, 9.17) is 10.5 Å². The molecule has 0 bridgehead atoms. The van der Waals surface area contributed by atoms with Crippen LogP contribution in [0.5, 0.6) is 5.75 Å². The zero-order chi connectivity index (χ0) is 12.8. The van der Waals surface area contributed by atoms with Crippen molar-refractivity contribution >= 4 is 5.69 Å². The fourth-order valence-electron chi connectivity index (χ4n) is 1.90. The summed E-state index contributed by atoms with van der Waals surface area (Å²) in [5.41, 5.74) is 7.26. The molecule has 0 aliphatic carbocycles. The van der Waals surface area contributed by atoms with E-state index in [1.165, 1.54) is 0 Å². The zero-order valence-electron chi connectivity index (χ0n) is 10.9. The number of hydrogen-bond donors (Lipinski definition) is 2. The summed E-state index contributed by atoms with van der Waals surface area (Å²) in [6.45, 7) is 4.37. The lowest BCUT2D eigenvalue weighted by molar-refractivity contribution is 0.162. The summed E-state index contributed by atoms with van der Waals surface area (Å²) in [7, 11) is 1.58. The van der Waals surface area contributed by atoms with E-state index >= 15 is 0 Å². The first-order valence-electron chi connectivity index (χ1n) is 6.16. The fourth-order valence-corrected chi connectivity index (χ4v) is 1.90. The van der Waals surface area contributed by atoms with Crippen LogP contribution in [0.25, 0.3) is 0 Å². The number of nitrogen functional groups attached to an aromatic ring is 1. The van der Waals surface area contributed by atoms with Gasteiger partial charge in [0, 0.05) is 5.56 Å². The number of anilines is 1. The predicted octanol–water partition coefficient (Wildman–Crippen LogP) is 3.14. The molecule has 0 aliphatic rings. The lowest BCUT2D eigenvalue weighted by atomic mass is 9.99. The molecule has 0 saturated carbocycles. The van der Waals surface area contributed by atoms with Gasteiger partial charge >= 0.3 is 0 Å². The summed E-state index contributed by atoms with van der Waals surface area (Å²) >= 11 is 0. The van der Waals surface area contributed by atoms with Crippen molar-refractivity contribution in [2.45, 2.75) is 39.2 Å². The van der Waals surface area contributed by atoms with Gasteiger partial charge in [0.15, 0.2) is 0 Å². The number of benzene rings is 1. The van der Waals surface area contributed by atoms with E-state index in [-0.39, 0.29) is 0 Å². The molecule has 96 valence electrons. The lowest BCUT2D eigenvalue weighted by Gasteiger charge is -2.15. The molecule has 0 heterocycles. The smallest absolute Gasteiger partial charge is 0.142 e. The third kappa shape index (κ3) is 3.93. The van der Waals surface area contributed by atoms with E-state index < -0.39 is 6.10 Å². The van der Waals surface area contributed by atoms with Crippen molar-refractivity contribution in [1.29, 1.82) is 0 Å². The van der Waals surface area contributed by atoms with Gasteiger partial charge < -0.3 is 15.6 Å². The first kappa shape index (κ1) is 13.8. The Kier molecular flexibility index (Phi) is 5.29. The van der Waals surface area contributed by atoms with Crippen molar-refractivity contribution in [1.82, 2.24) is 0 Å². The Bertz CT molecular complexity index is 350. The minimum Gasteiger partial charge on any atom is -0.495 e. The Morgan fingerprint density at radius 1 is 1.29 bits per heavy atom. The maximum absolute atomic E-state index is 10.1. The maximum atomic E-state index is 10.1. The summed E-state index contributed by atoms with van der Waals surface area (Å²) in [4.78, 5) is 0. The van der Waals surface area contributed by atoms with Gasteiger partial charge in [-0.2, -0.15) is 0 Å². The normalized spacial score (nSPS) is 12.8. The van der Waals surface area contributed by atoms with Crippen LogP contribution in [0.3, 0.4) is 0 Å². The van der Waals surface area contributed by atoms with Gasteiger partial charge in [-0.1, -0.05) is 38.8 Å². The molecule has 17 heavy (non-hydrogen) atoms. The minimum atomic E-state index is -0.496. The fraction of sp³-hybridized carbons (Fsp3) is 0.571. The van der Waals surface area contributed by atoms with Crippen molar-refractivity contribution in [3.8, 4) is 5.75 Å². The van der Waals surface area contributed by atoms with Crippen molar-refractivity contribution < 1.29 is 9.84 Å². The van der Waals surface area contributed by atoms with Crippen LogP contribution in [0.4, 0.5) is 5.69 Å². The van der Waals surface area contributed by atoms with Gasteiger partial charge in [0.1, 0.15) is 5.75 Å². The second-order valence-corrected chi connectivity index (χ2v) is 4.80. The lowest BCUT2D eigenvalue weighted by Crippen LogP contribution is -2.04. The molecule has 0 aliphatic heterocycles. The highest BCUT2D eigenvalue weighted by atomic mass is 16.5. The van der Waals surface area contributed by atoms with Crippen LogP contribution in [-0.4, -0.2) is 12.2 Å². The van der Waals surface area contributed by atoms with Gasteiger partial charge in [0.25, 0.3) is 0 Å². The molecule has 0 saturated heterocycles. The van der Waals surface area contributed by atoms with Crippen molar-refractivity contribution in [3.05, 3.63) is 23.8 Å². The molecular weight excluding hydrogens is 214 g/mol. The quantitative estimate of drug-likeness (QED) is 0.747. The Balaban J connectivity index is 2.65. The average molecular weight is 237 g/mol. The van der Waals surface area contributed by atoms with Gasteiger partial charge in [-0.3, -0.25) is 0 Å². The monoisotopic (exact) mass is 237 g/mol. The van der Waals surface area contributed by atoms with E-state index in [0.717, 1.165) is 24.8 Å². The summed E-state index contributed by atoms with van der Waals surface area (Å²) < 4.78 is 5.14. The van der Waals surface area contributed by atoms with Crippen LogP contribution in [0.15, 0.2) is 18.2 Å². The highest BCUT2D eigenvalue weighted by Gasteiger charge is 2.13. The van der Waals surface area contributed by atoms with Gasteiger partial charge in [-0.15, -0.1) is 0 Å². The number of methoxy groups -OCH3 is 1. The molecular formula is C14H23NO2. The zero-order valence-corrected chi connectivity index (χ0v) is 10.9. The molecule has 1 aromatic carbocycles. The van der Waals surface area contributed by atoms with Crippen LogP contribution in [0.1, 0.15) is 44.8 Å². The van der Waals surface area contributed by atoms with E-state index in [2.05, 4.69) is 13.8 Å². The molecule has 0 aromatic heterocycles. The number of ether oxygens (including phenoxy) is 1. The molecule has 0 fully saturated rings. The highest BCUT2D eigenvalue weighted by molar-refractivity contribution is 5.59. The molecule has 0 radical (unpaired) electrons. The first-order valence-corrected chi connectivity index (χ1v) is 6.16. The minimum absolute atomic E-state index is 0.496. The van der Waals surface area contributed by atoms with E-state index in [9.17, 15) is 5.11 Å². The number of aliphatic hydroxyl groups is 1. The molecule has 1 atom stereocenters.